The predicted molar refractivity (Wildman–Crippen MR) is 75.4 cm³/mol. The zero-order valence-corrected chi connectivity index (χ0v) is 11.4. The van der Waals surface area contributed by atoms with E-state index >= 15 is 0 Å². The molecule has 1 heterocycles. The molecule has 0 radical (unpaired) electrons. The Labute approximate surface area is 112 Å². The lowest BCUT2D eigenvalue weighted by Gasteiger charge is -2.17. The normalized spacial score (nSPS) is 15.8. The van der Waals surface area contributed by atoms with Gasteiger partial charge in [-0.1, -0.05) is 6.92 Å². The molecule has 1 aromatic rings. The van der Waals surface area contributed by atoms with E-state index in [1.807, 2.05) is 11.8 Å². The third kappa shape index (κ3) is 3.42. The number of aliphatic carboxylic acids is 1. The number of aryl methyl sites for hydroxylation is 1. The Balaban J connectivity index is 1.88. The maximum atomic E-state index is 10.7. The highest BCUT2D eigenvalue weighted by Crippen LogP contribution is 2.31. The minimum Gasteiger partial charge on any atom is -0.481 e. The summed E-state index contributed by atoms with van der Waals surface area (Å²) < 4.78 is 0. The fourth-order valence-electron chi connectivity index (χ4n) is 2.03. The van der Waals surface area contributed by atoms with Crippen LogP contribution in [0.4, 0.5) is 5.69 Å². The van der Waals surface area contributed by atoms with Gasteiger partial charge in [0.05, 0.1) is 5.92 Å². The molecular weight excluding hydrogens is 246 g/mol. The second kappa shape index (κ2) is 6.14. The highest BCUT2D eigenvalue weighted by atomic mass is 32.2. The van der Waals surface area contributed by atoms with E-state index in [2.05, 4.69) is 23.5 Å². The van der Waals surface area contributed by atoms with Crippen LogP contribution >= 0.6 is 11.8 Å². The first-order chi connectivity index (χ1) is 8.66. The Bertz CT molecular complexity index is 434. The summed E-state index contributed by atoms with van der Waals surface area (Å²) in [5, 5.41) is 12.1. The third-order valence-corrected chi connectivity index (χ3v) is 4.44. The van der Waals surface area contributed by atoms with Crippen LogP contribution in [-0.4, -0.2) is 23.4 Å². The number of hydrogen-bond acceptors (Lipinski definition) is 3. The average Bonchev–Trinajstić information content (AvgIpc) is 2.38. The van der Waals surface area contributed by atoms with Gasteiger partial charge in [-0.05, 0) is 48.8 Å². The van der Waals surface area contributed by atoms with Gasteiger partial charge in [0.2, 0.25) is 0 Å². The molecule has 0 aliphatic carbocycles. The van der Waals surface area contributed by atoms with Crippen molar-refractivity contribution in [3.63, 3.8) is 0 Å². The van der Waals surface area contributed by atoms with Gasteiger partial charge in [-0.15, -0.1) is 11.8 Å². The number of carboxylic acids is 1. The van der Waals surface area contributed by atoms with E-state index in [9.17, 15) is 4.79 Å². The smallest absolute Gasteiger partial charge is 0.306 e. The molecule has 0 fully saturated rings. The fraction of sp³-hybridized carbons (Fsp3) is 0.500. The fourth-order valence-corrected chi connectivity index (χ4v) is 3.05. The molecule has 0 spiro atoms. The van der Waals surface area contributed by atoms with Crippen molar-refractivity contribution in [3.05, 3.63) is 23.8 Å². The molecule has 1 aliphatic heterocycles. The lowest BCUT2D eigenvalue weighted by Crippen LogP contribution is -2.14. The van der Waals surface area contributed by atoms with Gasteiger partial charge in [0.25, 0.3) is 0 Å². The van der Waals surface area contributed by atoms with Gasteiger partial charge in [0.1, 0.15) is 0 Å². The van der Waals surface area contributed by atoms with E-state index in [1.54, 1.807) is 6.92 Å². The molecule has 2 N–H and O–H groups in total. The first-order valence-electron chi connectivity index (χ1n) is 6.39. The molecule has 0 bridgehead atoms. The highest BCUT2D eigenvalue weighted by Gasteiger charge is 2.11. The number of carboxylic acid groups (broad SMARTS) is 1. The van der Waals surface area contributed by atoms with E-state index in [0.717, 1.165) is 12.1 Å². The van der Waals surface area contributed by atoms with Crippen LogP contribution in [0.25, 0.3) is 0 Å². The number of nitrogens with one attached hydrogen (secondary N) is 1. The van der Waals surface area contributed by atoms with Gasteiger partial charge >= 0.3 is 5.97 Å². The third-order valence-electron chi connectivity index (χ3n) is 3.24. The maximum absolute atomic E-state index is 10.7. The molecule has 0 aromatic heterocycles. The molecule has 2 rings (SSSR count). The van der Waals surface area contributed by atoms with E-state index in [0.29, 0.717) is 13.0 Å². The maximum Gasteiger partial charge on any atom is 0.306 e. The quantitative estimate of drug-likeness (QED) is 0.858. The Morgan fingerprint density at radius 2 is 2.39 bits per heavy atom. The van der Waals surface area contributed by atoms with E-state index in [4.69, 9.17) is 5.11 Å². The molecule has 98 valence electrons. The largest absolute Gasteiger partial charge is 0.481 e. The van der Waals surface area contributed by atoms with Crippen molar-refractivity contribution in [2.24, 2.45) is 5.92 Å². The first kappa shape index (κ1) is 13.3. The zero-order chi connectivity index (χ0) is 13.0. The van der Waals surface area contributed by atoms with Gasteiger partial charge in [-0.2, -0.15) is 0 Å². The minimum absolute atomic E-state index is 0.286. The second-order valence-corrected chi connectivity index (χ2v) is 5.87. The summed E-state index contributed by atoms with van der Waals surface area (Å²) in [6.45, 7) is 2.45. The molecule has 4 heteroatoms. The highest BCUT2D eigenvalue weighted by molar-refractivity contribution is 7.99. The van der Waals surface area contributed by atoms with Crippen molar-refractivity contribution in [1.82, 2.24) is 0 Å². The second-order valence-electron chi connectivity index (χ2n) is 4.73. The molecule has 3 nitrogen and oxygen atoms in total. The van der Waals surface area contributed by atoms with Crippen molar-refractivity contribution in [2.45, 2.75) is 31.1 Å². The Hall–Kier alpha value is -1.16. The van der Waals surface area contributed by atoms with Crippen molar-refractivity contribution in [3.8, 4) is 0 Å². The molecular formula is C14H19NO2S. The summed E-state index contributed by atoms with van der Waals surface area (Å²) >= 11 is 1.92. The molecule has 1 aliphatic rings. The van der Waals surface area contributed by atoms with Crippen LogP contribution in [-0.2, 0) is 11.2 Å². The Morgan fingerprint density at radius 1 is 1.56 bits per heavy atom. The van der Waals surface area contributed by atoms with Crippen LogP contribution in [0.5, 0.6) is 0 Å². The summed E-state index contributed by atoms with van der Waals surface area (Å²) in [5.41, 5.74) is 2.52. The minimum atomic E-state index is -0.723. The lowest BCUT2D eigenvalue weighted by atomic mass is 10.1. The summed E-state index contributed by atoms with van der Waals surface area (Å²) in [5.74, 6) is 0.208. The number of rotatable bonds is 5. The Kier molecular flexibility index (Phi) is 4.53. The van der Waals surface area contributed by atoms with Crippen molar-refractivity contribution >= 4 is 23.4 Å². The number of fused-ring (bicyclic) bond motifs is 1. The van der Waals surface area contributed by atoms with Gasteiger partial charge < -0.3 is 10.4 Å². The molecule has 0 saturated heterocycles. The Morgan fingerprint density at radius 3 is 3.17 bits per heavy atom. The number of anilines is 1. The molecule has 1 aromatic carbocycles. The summed E-state index contributed by atoms with van der Waals surface area (Å²) in [7, 11) is 0. The van der Waals surface area contributed by atoms with Crippen LogP contribution in [0.3, 0.4) is 0 Å². The van der Waals surface area contributed by atoms with Crippen LogP contribution in [0.15, 0.2) is 23.1 Å². The zero-order valence-electron chi connectivity index (χ0n) is 10.6. The van der Waals surface area contributed by atoms with Crippen LogP contribution < -0.4 is 5.32 Å². The summed E-state index contributed by atoms with van der Waals surface area (Å²) in [6.07, 6.45) is 3.06. The summed E-state index contributed by atoms with van der Waals surface area (Å²) in [6, 6.07) is 6.46. The van der Waals surface area contributed by atoms with Crippen molar-refractivity contribution in [1.29, 1.82) is 0 Å². The molecule has 1 unspecified atom stereocenters. The van der Waals surface area contributed by atoms with Gasteiger partial charge in [-0.3, -0.25) is 4.79 Å². The first-order valence-corrected chi connectivity index (χ1v) is 7.38. The van der Waals surface area contributed by atoms with E-state index in [1.165, 1.54) is 22.6 Å². The van der Waals surface area contributed by atoms with Crippen LogP contribution in [0.1, 0.15) is 25.3 Å². The van der Waals surface area contributed by atoms with Crippen LogP contribution in [0.2, 0.25) is 0 Å². The standard InChI is InChI=1S/C14H19NO2S/c1-10(14(16)17)6-7-15-12-4-5-13-11(9-12)3-2-8-18-13/h4-5,9-10,15H,2-3,6-8H2,1H3,(H,16,17). The number of thioether (sulfide) groups is 1. The molecule has 0 saturated carbocycles. The summed E-state index contributed by atoms with van der Waals surface area (Å²) in [4.78, 5) is 12.1. The SMILES string of the molecule is CC(CCNc1ccc2c(c1)CCCS2)C(=O)O. The van der Waals surface area contributed by atoms with Gasteiger partial charge in [0.15, 0.2) is 0 Å². The average molecular weight is 265 g/mol. The monoisotopic (exact) mass is 265 g/mol. The van der Waals surface area contributed by atoms with Gasteiger partial charge in [-0.25, -0.2) is 0 Å². The van der Waals surface area contributed by atoms with E-state index in [-0.39, 0.29) is 5.92 Å². The topological polar surface area (TPSA) is 49.3 Å². The lowest BCUT2D eigenvalue weighted by molar-refractivity contribution is -0.141. The van der Waals surface area contributed by atoms with Crippen molar-refractivity contribution in [2.75, 3.05) is 17.6 Å². The number of benzene rings is 1. The predicted octanol–water partition coefficient (Wildman–Crippen LogP) is 3.25. The molecule has 0 amide bonds. The van der Waals surface area contributed by atoms with Gasteiger partial charge in [0, 0.05) is 17.1 Å². The molecule has 1 atom stereocenters. The number of carbonyl (C=O) groups is 1. The molecule has 18 heavy (non-hydrogen) atoms. The van der Waals surface area contributed by atoms with Crippen LogP contribution in [0, 0.1) is 5.92 Å². The van der Waals surface area contributed by atoms with E-state index < -0.39 is 5.97 Å². The van der Waals surface area contributed by atoms with Crippen molar-refractivity contribution < 1.29 is 9.90 Å². The number of hydrogen-bond donors (Lipinski definition) is 2.